The largest absolute Gasteiger partial charge is 0.493 e. The highest BCUT2D eigenvalue weighted by atomic mass is 35.5. The van der Waals surface area contributed by atoms with Crippen LogP contribution in [0.2, 0.25) is 10.2 Å². The monoisotopic (exact) mass is 297 g/mol. The lowest BCUT2D eigenvalue weighted by Crippen LogP contribution is -2.13. The third-order valence-electron chi connectivity index (χ3n) is 3.22. The van der Waals surface area contributed by atoms with Crippen molar-refractivity contribution in [3.63, 3.8) is 0 Å². The quantitative estimate of drug-likeness (QED) is 0.938. The van der Waals surface area contributed by atoms with Crippen molar-refractivity contribution < 1.29 is 9.15 Å². The number of nitrogens with two attached hydrogens (primary N) is 1. The molecular weight excluding hydrogens is 285 g/mol. The first-order valence-corrected chi connectivity index (χ1v) is 6.84. The Labute approximate surface area is 121 Å². The number of hydrogen-bond acceptors (Lipinski definition) is 3. The van der Waals surface area contributed by atoms with Crippen LogP contribution in [0.5, 0.6) is 5.75 Å². The fourth-order valence-corrected chi connectivity index (χ4v) is 2.78. The smallest absolute Gasteiger partial charge is 0.193 e. The van der Waals surface area contributed by atoms with Gasteiger partial charge in [0.05, 0.1) is 12.6 Å². The Balaban J connectivity index is 1.87. The van der Waals surface area contributed by atoms with Gasteiger partial charge in [-0.3, -0.25) is 0 Å². The first-order valence-electron chi connectivity index (χ1n) is 6.08. The van der Waals surface area contributed by atoms with Crippen LogP contribution in [0.4, 0.5) is 0 Å². The minimum absolute atomic E-state index is 0.265. The first kappa shape index (κ1) is 12.9. The van der Waals surface area contributed by atoms with E-state index in [1.807, 2.05) is 12.1 Å². The number of benzene rings is 1. The summed E-state index contributed by atoms with van der Waals surface area (Å²) in [6, 6.07) is 7.06. The number of hydrogen-bond donors (Lipinski definition) is 1. The molecule has 3 nitrogen and oxygen atoms in total. The van der Waals surface area contributed by atoms with Crippen molar-refractivity contribution in [2.45, 2.75) is 18.9 Å². The van der Waals surface area contributed by atoms with E-state index >= 15 is 0 Å². The standard InChI is InChI=1S/C14H13Cl2NO2/c15-10-5-8-3-4-18-14(8)9(6-10)7-11(17)12-1-2-13(16)19-12/h1-2,5-6,11H,3-4,7,17H2. The van der Waals surface area contributed by atoms with Crippen molar-refractivity contribution in [2.24, 2.45) is 5.73 Å². The van der Waals surface area contributed by atoms with Gasteiger partial charge < -0.3 is 14.9 Å². The Hall–Kier alpha value is -1.16. The second-order valence-electron chi connectivity index (χ2n) is 4.60. The van der Waals surface area contributed by atoms with Crippen molar-refractivity contribution in [1.29, 1.82) is 0 Å². The molecule has 2 heterocycles. The van der Waals surface area contributed by atoms with E-state index in [1.165, 1.54) is 0 Å². The Bertz CT molecular complexity index is 609. The van der Waals surface area contributed by atoms with Gasteiger partial charge in [0.25, 0.3) is 0 Å². The van der Waals surface area contributed by atoms with Crippen LogP contribution in [0.25, 0.3) is 0 Å². The van der Waals surface area contributed by atoms with Gasteiger partial charge in [-0.15, -0.1) is 0 Å². The molecule has 1 aliphatic heterocycles. The van der Waals surface area contributed by atoms with E-state index in [0.29, 0.717) is 29.0 Å². The fourth-order valence-electron chi connectivity index (χ4n) is 2.36. The lowest BCUT2D eigenvalue weighted by molar-refractivity contribution is 0.351. The Kier molecular flexibility index (Phi) is 3.44. The molecular formula is C14H13Cl2NO2. The Morgan fingerprint density at radius 1 is 1.26 bits per heavy atom. The molecule has 1 aromatic carbocycles. The number of ether oxygens (including phenoxy) is 1. The van der Waals surface area contributed by atoms with Gasteiger partial charge in [0, 0.05) is 11.4 Å². The highest BCUT2D eigenvalue weighted by molar-refractivity contribution is 6.30. The molecule has 1 unspecified atom stereocenters. The molecule has 19 heavy (non-hydrogen) atoms. The molecule has 2 aromatic rings. The molecule has 5 heteroatoms. The van der Waals surface area contributed by atoms with Crippen LogP contribution in [0.15, 0.2) is 28.7 Å². The number of furan rings is 1. The molecule has 1 aromatic heterocycles. The second kappa shape index (κ2) is 5.08. The van der Waals surface area contributed by atoms with Crippen molar-refractivity contribution in [1.82, 2.24) is 0 Å². The van der Waals surface area contributed by atoms with Crippen molar-refractivity contribution in [2.75, 3.05) is 6.61 Å². The van der Waals surface area contributed by atoms with Gasteiger partial charge in [0.1, 0.15) is 11.5 Å². The molecule has 1 aliphatic rings. The maximum atomic E-state index is 6.13. The summed E-state index contributed by atoms with van der Waals surface area (Å²) in [5.74, 6) is 1.58. The van der Waals surface area contributed by atoms with E-state index in [1.54, 1.807) is 12.1 Å². The van der Waals surface area contributed by atoms with Crippen LogP contribution in [-0.2, 0) is 12.8 Å². The van der Waals surface area contributed by atoms with Crippen LogP contribution < -0.4 is 10.5 Å². The normalized spacial score (nSPS) is 15.1. The van der Waals surface area contributed by atoms with E-state index in [2.05, 4.69) is 0 Å². The number of fused-ring (bicyclic) bond motifs is 1. The van der Waals surface area contributed by atoms with Crippen LogP contribution in [-0.4, -0.2) is 6.61 Å². The highest BCUT2D eigenvalue weighted by Crippen LogP contribution is 2.35. The van der Waals surface area contributed by atoms with Crippen LogP contribution in [0, 0.1) is 0 Å². The van der Waals surface area contributed by atoms with E-state index in [9.17, 15) is 0 Å². The Morgan fingerprint density at radius 2 is 2.11 bits per heavy atom. The SMILES string of the molecule is NC(Cc1cc(Cl)cc2c1OCC2)c1ccc(Cl)o1. The predicted octanol–water partition coefficient (Wildman–Crippen LogP) is 3.76. The highest BCUT2D eigenvalue weighted by Gasteiger charge is 2.20. The molecule has 100 valence electrons. The van der Waals surface area contributed by atoms with Crippen molar-refractivity contribution >= 4 is 23.2 Å². The van der Waals surface area contributed by atoms with E-state index in [4.69, 9.17) is 38.1 Å². The summed E-state index contributed by atoms with van der Waals surface area (Å²) in [6.07, 6.45) is 1.50. The Morgan fingerprint density at radius 3 is 2.84 bits per heavy atom. The zero-order valence-corrected chi connectivity index (χ0v) is 11.7. The summed E-state index contributed by atoms with van der Waals surface area (Å²) in [5, 5.41) is 1.06. The molecule has 0 radical (unpaired) electrons. The van der Waals surface area contributed by atoms with Gasteiger partial charge >= 0.3 is 0 Å². The lowest BCUT2D eigenvalue weighted by atomic mass is 10.0. The average Bonchev–Trinajstić information content (AvgIpc) is 2.97. The summed E-state index contributed by atoms with van der Waals surface area (Å²) in [7, 11) is 0. The molecule has 0 amide bonds. The van der Waals surface area contributed by atoms with Gasteiger partial charge in [-0.2, -0.15) is 0 Å². The minimum atomic E-state index is -0.265. The summed E-state index contributed by atoms with van der Waals surface area (Å²) in [5.41, 5.74) is 8.29. The molecule has 0 aliphatic carbocycles. The second-order valence-corrected chi connectivity index (χ2v) is 5.41. The molecule has 2 N–H and O–H groups in total. The summed E-state index contributed by atoms with van der Waals surface area (Å²) in [4.78, 5) is 0. The topological polar surface area (TPSA) is 48.4 Å². The van der Waals surface area contributed by atoms with Gasteiger partial charge in [-0.1, -0.05) is 11.6 Å². The van der Waals surface area contributed by atoms with E-state index in [-0.39, 0.29) is 6.04 Å². The lowest BCUT2D eigenvalue weighted by Gasteiger charge is -2.12. The predicted molar refractivity (Wildman–Crippen MR) is 75.0 cm³/mol. The van der Waals surface area contributed by atoms with Crippen LogP contribution >= 0.6 is 23.2 Å². The minimum Gasteiger partial charge on any atom is -0.493 e. The van der Waals surface area contributed by atoms with Gasteiger partial charge in [-0.05, 0) is 53.4 Å². The fraction of sp³-hybridized carbons (Fsp3) is 0.286. The molecule has 0 fully saturated rings. The van der Waals surface area contributed by atoms with Crippen molar-refractivity contribution in [3.05, 3.63) is 51.4 Å². The summed E-state index contributed by atoms with van der Waals surface area (Å²) < 4.78 is 11.0. The third-order valence-corrected chi connectivity index (χ3v) is 3.65. The molecule has 0 saturated heterocycles. The molecule has 0 spiro atoms. The zero-order valence-electron chi connectivity index (χ0n) is 10.2. The first-order chi connectivity index (χ1) is 9.13. The maximum Gasteiger partial charge on any atom is 0.193 e. The van der Waals surface area contributed by atoms with Gasteiger partial charge in [-0.25, -0.2) is 0 Å². The summed E-state index contributed by atoms with van der Waals surface area (Å²) >= 11 is 11.9. The van der Waals surface area contributed by atoms with Crippen LogP contribution in [0.1, 0.15) is 22.9 Å². The van der Waals surface area contributed by atoms with Gasteiger partial charge in [0.2, 0.25) is 0 Å². The van der Waals surface area contributed by atoms with Crippen molar-refractivity contribution in [3.8, 4) is 5.75 Å². The molecule has 3 rings (SSSR count). The third kappa shape index (κ3) is 2.59. The molecule has 1 atom stereocenters. The average molecular weight is 298 g/mol. The number of rotatable bonds is 3. The molecule has 0 bridgehead atoms. The van der Waals surface area contributed by atoms with E-state index in [0.717, 1.165) is 23.3 Å². The number of halogens is 2. The summed E-state index contributed by atoms with van der Waals surface area (Å²) in [6.45, 7) is 0.699. The van der Waals surface area contributed by atoms with Gasteiger partial charge in [0.15, 0.2) is 5.22 Å². The van der Waals surface area contributed by atoms with E-state index < -0.39 is 0 Å². The zero-order chi connectivity index (χ0) is 13.4. The maximum absolute atomic E-state index is 6.13. The van der Waals surface area contributed by atoms with Crippen LogP contribution in [0.3, 0.4) is 0 Å². The molecule has 0 saturated carbocycles.